The van der Waals surface area contributed by atoms with Crippen molar-refractivity contribution in [1.29, 1.82) is 0 Å². The zero-order valence-electron chi connectivity index (χ0n) is 6.46. The summed E-state index contributed by atoms with van der Waals surface area (Å²) in [6, 6.07) is 8.24. The summed E-state index contributed by atoms with van der Waals surface area (Å²) in [7, 11) is 0. The monoisotopic (exact) mass is 164 g/mol. The molecule has 0 saturated carbocycles. The van der Waals surface area contributed by atoms with Crippen molar-refractivity contribution in [2.24, 2.45) is 0 Å². The molecule has 0 spiro atoms. The van der Waals surface area contributed by atoms with Crippen LogP contribution in [0.5, 0.6) is 0 Å². The number of allylic oxidation sites excluding steroid dienone is 1. The van der Waals surface area contributed by atoms with Gasteiger partial charge in [0.2, 0.25) is 0 Å². The van der Waals surface area contributed by atoms with Crippen molar-refractivity contribution < 1.29 is 0 Å². The van der Waals surface area contributed by atoms with Gasteiger partial charge >= 0.3 is 0 Å². The van der Waals surface area contributed by atoms with Crippen LogP contribution in [0, 0.1) is 0 Å². The van der Waals surface area contributed by atoms with Gasteiger partial charge in [0, 0.05) is 4.90 Å². The fraction of sp³-hybridized carbons (Fsp3) is 0.200. The van der Waals surface area contributed by atoms with Crippen LogP contribution in [0.4, 0.5) is 0 Å². The van der Waals surface area contributed by atoms with Crippen molar-refractivity contribution in [3.8, 4) is 0 Å². The van der Waals surface area contributed by atoms with Crippen LogP contribution in [0.25, 0.3) is 0 Å². The molecule has 0 aliphatic carbocycles. The lowest BCUT2D eigenvalue weighted by molar-refractivity contribution is 1.00. The Bertz CT molecular complexity index is 223. The van der Waals surface area contributed by atoms with Crippen molar-refractivity contribution in [2.45, 2.75) is 17.7 Å². The molecule has 0 amide bonds. The molecule has 0 nitrogen and oxygen atoms in total. The summed E-state index contributed by atoms with van der Waals surface area (Å²) in [5.74, 6) is 0. The summed E-state index contributed by atoms with van der Waals surface area (Å²) < 4.78 is 0. The molecule has 0 radical (unpaired) electrons. The van der Waals surface area contributed by atoms with E-state index in [2.05, 4.69) is 31.3 Å². The van der Waals surface area contributed by atoms with E-state index in [-0.39, 0.29) is 0 Å². The van der Waals surface area contributed by atoms with E-state index in [9.17, 15) is 0 Å². The average Bonchev–Trinajstić information content (AvgIpc) is 2.04. The summed E-state index contributed by atoms with van der Waals surface area (Å²) in [5.41, 5.74) is 1.35. The number of rotatable bonds is 3. The van der Waals surface area contributed by atoms with Crippen LogP contribution in [0.15, 0.2) is 41.8 Å². The lowest BCUT2D eigenvalue weighted by Crippen LogP contribution is -1.81. The quantitative estimate of drug-likeness (QED) is 0.515. The summed E-state index contributed by atoms with van der Waals surface area (Å²) in [6.45, 7) is 3.68. The Morgan fingerprint density at radius 1 is 1.27 bits per heavy atom. The second-order valence-corrected chi connectivity index (χ2v) is 3.01. The highest BCUT2D eigenvalue weighted by Gasteiger charge is 1.89. The molecule has 1 aromatic rings. The van der Waals surface area contributed by atoms with E-state index in [0.717, 1.165) is 17.7 Å². The second-order valence-electron chi connectivity index (χ2n) is 2.49. The topological polar surface area (TPSA) is 0 Å². The summed E-state index contributed by atoms with van der Waals surface area (Å²) in [6.07, 6.45) is 4.07. The molecule has 0 bridgehead atoms. The van der Waals surface area contributed by atoms with Crippen LogP contribution in [-0.4, -0.2) is 0 Å². The third-order valence-electron chi connectivity index (χ3n) is 1.57. The molecule has 1 aromatic carbocycles. The first kappa shape index (κ1) is 8.41. The Morgan fingerprint density at radius 2 is 1.91 bits per heavy atom. The van der Waals surface area contributed by atoms with E-state index < -0.39 is 0 Å². The Morgan fingerprint density at radius 3 is 2.45 bits per heavy atom. The molecular weight excluding hydrogens is 152 g/mol. The molecule has 0 saturated heterocycles. The molecule has 0 atom stereocenters. The molecule has 0 N–H and O–H groups in total. The zero-order valence-corrected chi connectivity index (χ0v) is 7.35. The lowest BCUT2D eigenvalue weighted by atomic mass is 10.1. The van der Waals surface area contributed by atoms with Gasteiger partial charge in [0.25, 0.3) is 0 Å². The molecule has 1 heteroatoms. The van der Waals surface area contributed by atoms with Gasteiger partial charge in [0.05, 0.1) is 0 Å². The minimum atomic E-state index is 1.02. The predicted octanol–water partition coefficient (Wildman–Crippen LogP) is 3.09. The standard InChI is InChI=1S/C10H12S/c1-2-3-4-9-5-7-10(11)8-6-9/h2,5-8,11H,1,3-4H2. The van der Waals surface area contributed by atoms with Crippen LogP contribution in [0.3, 0.4) is 0 Å². The van der Waals surface area contributed by atoms with E-state index >= 15 is 0 Å². The maximum atomic E-state index is 4.20. The van der Waals surface area contributed by atoms with E-state index in [1.54, 1.807) is 0 Å². The number of benzene rings is 1. The van der Waals surface area contributed by atoms with Gasteiger partial charge in [-0.15, -0.1) is 19.2 Å². The second kappa shape index (κ2) is 4.24. The normalized spacial score (nSPS) is 9.55. The molecule has 0 fully saturated rings. The van der Waals surface area contributed by atoms with Crippen LogP contribution in [0.2, 0.25) is 0 Å². The third-order valence-corrected chi connectivity index (χ3v) is 1.87. The lowest BCUT2D eigenvalue weighted by Gasteiger charge is -1.97. The molecular formula is C10H12S. The zero-order chi connectivity index (χ0) is 8.10. The SMILES string of the molecule is C=CCCc1ccc(S)cc1. The molecule has 0 aliphatic rings. The van der Waals surface area contributed by atoms with Crippen molar-refractivity contribution in [2.75, 3.05) is 0 Å². The minimum absolute atomic E-state index is 1.02. The molecule has 58 valence electrons. The fourth-order valence-electron chi connectivity index (χ4n) is 0.931. The predicted molar refractivity (Wildman–Crippen MR) is 52.2 cm³/mol. The van der Waals surface area contributed by atoms with Crippen LogP contribution >= 0.6 is 12.6 Å². The first-order chi connectivity index (χ1) is 5.33. The maximum Gasteiger partial charge on any atom is 0.00401 e. The Labute approximate surface area is 73.4 Å². The van der Waals surface area contributed by atoms with Gasteiger partial charge in [-0.3, -0.25) is 0 Å². The highest BCUT2D eigenvalue weighted by molar-refractivity contribution is 7.80. The molecule has 0 aliphatic heterocycles. The molecule has 0 aromatic heterocycles. The van der Waals surface area contributed by atoms with Gasteiger partial charge in [-0.25, -0.2) is 0 Å². The van der Waals surface area contributed by atoms with Crippen LogP contribution in [0.1, 0.15) is 12.0 Å². The van der Waals surface area contributed by atoms with Gasteiger partial charge in [-0.2, -0.15) is 0 Å². The van der Waals surface area contributed by atoms with Gasteiger partial charge in [-0.1, -0.05) is 18.2 Å². The number of thiol groups is 1. The highest BCUT2D eigenvalue weighted by atomic mass is 32.1. The molecule has 11 heavy (non-hydrogen) atoms. The maximum absolute atomic E-state index is 4.20. The summed E-state index contributed by atoms with van der Waals surface area (Å²) >= 11 is 4.20. The van der Waals surface area contributed by atoms with Crippen molar-refractivity contribution in [3.05, 3.63) is 42.5 Å². The Kier molecular flexibility index (Phi) is 3.24. The summed E-state index contributed by atoms with van der Waals surface area (Å²) in [5, 5.41) is 0. The van der Waals surface area contributed by atoms with Gasteiger partial charge in [0.1, 0.15) is 0 Å². The van der Waals surface area contributed by atoms with E-state index in [1.807, 2.05) is 18.2 Å². The van der Waals surface area contributed by atoms with E-state index in [4.69, 9.17) is 0 Å². The van der Waals surface area contributed by atoms with Crippen LogP contribution in [-0.2, 0) is 6.42 Å². The van der Waals surface area contributed by atoms with E-state index in [0.29, 0.717) is 0 Å². The summed E-state index contributed by atoms with van der Waals surface area (Å²) in [4.78, 5) is 1.02. The van der Waals surface area contributed by atoms with Crippen molar-refractivity contribution >= 4 is 12.6 Å². The molecule has 0 heterocycles. The highest BCUT2D eigenvalue weighted by Crippen LogP contribution is 2.09. The largest absolute Gasteiger partial charge is 0.143 e. The fourth-order valence-corrected chi connectivity index (χ4v) is 1.08. The number of hydrogen-bond donors (Lipinski definition) is 1. The van der Waals surface area contributed by atoms with Gasteiger partial charge in [-0.05, 0) is 30.5 Å². The Hall–Kier alpha value is -0.690. The molecule has 1 rings (SSSR count). The first-order valence-electron chi connectivity index (χ1n) is 3.72. The number of aryl methyl sites for hydroxylation is 1. The number of hydrogen-bond acceptors (Lipinski definition) is 1. The molecule has 0 unspecified atom stereocenters. The van der Waals surface area contributed by atoms with Crippen LogP contribution < -0.4 is 0 Å². The van der Waals surface area contributed by atoms with E-state index in [1.165, 1.54) is 5.56 Å². The van der Waals surface area contributed by atoms with Crippen molar-refractivity contribution in [3.63, 3.8) is 0 Å². The smallest absolute Gasteiger partial charge is 0.00401 e. The Balaban J connectivity index is 2.58. The third kappa shape index (κ3) is 2.81. The van der Waals surface area contributed by atoms with Gasteiger partial charge < -0.3 is 0 Å². The minimum Gasteiger partial charge on any atom is -0.143 e. The average molecular weight is 164 g/mol. The van der Waals surface area contributed by atoms with Crippen molar-refractivity contribution in [1.82, 2.24) is 0 Å². The first-order valence-corrected chi connectivity index (χ1v) is 4.16. The van der Waals surface area contributed by atoms with Gasteiger partial charge in [0.15, 0.2) is 0 Å².